The van der Waals surface area contributed by atoms with Crippen molar-refractivity contribution in [3.63, 3.8) is 0 Å². The summed E-state index contributed by atoms with van der Waals surface area (Å²) < 4.78 is 0. The Kier molecular flexibility index (Phi) is 6.70. The van der Waals surface area contributed by atoms with Crippen LogP contribution in [0.15, 0.2) is 9.98 Å². The lowest BCUT2D eigenvalue weighted by Gasteiger charge is -2.12. The molecule has 0 saturated heterocycles. The number of nitrogens with zero attached hydrogens (tertiary/aromatic N) is 2. The van der Waals surface area contributed by atoms with Gasteiger partial charge < -0.3 is 0 Å². The van der Waals surface area contributed by atoms with Crippen molar-refractivity contribution in [2.75, 3.05) is 0 Å². The smallest absolute Gasteiger partial charge is 0.211 e. The Bertz CT molecular complexity index is 228. The number of hydrogen-bond donors (Lipinski definition) is 0. The molecule has 0 rings (SSSR count). The fourth-order valence-electron chi connectivity index (χ4n) is 1.06. The Morgan fingerprint density at radius 1 is 1.23 bits per heavy atom. The summed E-state index contributed by atoms with van der Waals surface area (Å²) in [5.74, 6) is 0. The molecule has 4 heteroatoms. The molecular formula is C9H14N2O2. The van der Waals surface area contributed by atoms with Gasteiger partial charge in [-0.15, -0.1) is 0 Å². The van der Waals surface area contributed by atoms with Crippen molar-refractivity contribution in [3.05, 3.63) is 0 Å². The second-order valence-electron chi connectivity index (χ2n) is 2.89. The Morgan fingerprint density at radius 2 is 1.85 bits per heavy atom. The van der Waals surface area contributed by atoms with Crippen LogP contribution in [0.2, 0.25) is 0 Å². The normalized spacial score (nSPS) is 13.7. The van der Waals surface area contributed by atoms with Crippen molar-refractivity contribution in [1.82, 2.24) is 0 Å². The molecule has 0 aromatic rings. The van der Waals surface area contributed by atoms with E-state index in [9.17, 15) is 9.59 Å². The van der Waals surface area contributed by atoms with Crippen LogP contribution < -0.4 is 0 Å². The summed E-state index contributed by atoms with van der Waals surface area (Å²) in [4.78, 5) is 27.1. The van der Waals surface area contributed by atoms with Crippen molar-refractivity contribution in [2.24, 2.45) is 9.98 Å². The van der Waals surface area contributed by atoms with Crippen molar-refractivity contribution in [1.29, 1.82) is 0 Å². The molecule has 4 nitrogen and oxygen atoms in total. The monoisotopic (exact) mass is 182 g/mol. The fourth-order valence-corrected chi connectivity index (χ4v) is 1.06. The molecule has 0 aliphatic carbocycles. The average Bonchev–Trinajstić information content (AvgIpc) is 2.12. The third-order valence-electron chi connectivity index (χ3n) is 1.89. The second-order valence-corrected chi connectivity index (χ2v) is 2.89. The summed E-state index contributed by atoms with van der Waals surface area (Å²) in [6.45, 7) is 3.79. The summed E-state index contributed by atoms with van der Waals surface area (Å²) in [6.07, 6.45) is 5.73. The highest BCUT2D eigenvalue weighted by molar-refractivity contribution is 5.35. The fraction of sp³-hybridized carbons (Fsp3) is 0.778. The Labute approximate surface area is 77.8 Å². The van der Waals surface area contributed by atoms with Crippen LogP contribution in [0, 0.1) is 0 Å². The zero-order chi connectivity index (χ0) is 10.1. The van der Waals surface area contributed by atoms with Crippen LogP contribution in [0.4, 0.5) is 0 Å². The first-order valence-electron chi connectivity index (χ1n) is 4.40. The molecule has 13 heavy (non-hydrogen) atoms. The van der Waals surface area contributed by atoms with Crippen LogP contribution in [0.1, 0.15) is 33.1 Å². The van der Waals surface area contributed by atoms with Gasteiger partial charge in [0.15, 0.2) is 0 Å². The van der Waals surface area contributed by atoms with E-state index in [-0.39, 0.29) is 12.1 Å². The number of hydrogen-bond acceptors (Lipinski definition) is 4. The molecule has 0 radical (unpaired) electrons. The summed E-state index contributed by atoms with van der Waals surface area (Å²) >= 11 is 0. The molecule has 2 unspecified atom stereocenters. The van der Waals surface area contributed by atoms with Crippen LogP contribution in [0.5, 0.6) is 0 Å². The van der Waals surface area contributed by atoms with Gasteiger partial charge in [0, 0.05) is 0 Å². The number of unbranched alkanes of at least 4 members (excludes halogenated alkanes) is 1. The van der Waals surface area contributed by atoms with Gasteiger partial charge >= 0.3 is 0 Å². The molecule has 0 N–H and O–H groups in total. The minimum Gasteiger partial charge on any atom is -0.211 e. The molecule has 0 aromatic heterocycles. The third-order valence-corrected chi connectivity index (χ3v) is 1.89. The quantitative estimate of drug-likeness (QED) is 0.462. The van der Waals surface area contributed by atoms with E-state index in [0.717, 1.165) is 19.3 Å². The van der Waals surface area contributed by atoms with Crippen molar-refractivity contribution < 1.29 is 9.59 Å². The lowest BCUT2D eigenvalue weighted by atomic mass is 10.0. The van der Waals surface area contributed by atoms with Gasteiger partial charge in [-0.1, -0.05) is 19.8 Å². The molecular weight excluding hydrogens is 168 g/mol. The SMILES string of the molecule is CCCCC(N=C=O)C(C)N=C=O. The molecule has 0 spiro atoms. The molecule has 0 aliphatic rings. The summed E-state index contributed by atoms with van der Waals surface area (Å²) in [7, 11) is 0. The van der Waals surface area contributed by atoms with Crippen LogP contribution in [-0.4, -0.2) is 24.2 Å². The molecule has 0 amide bonds. The molecule has 0 aliphatic heterocycles. The van der Waals surface area contributed by atoms with Crippen LogP contribution >= 0.6 is 0 Å². The predicted octanol–water partition coefficient (Wildman–Crippen LogP) is 1.61. The maximum absolute atomic E-state index is 10.1. The van der Waals surface area contributed by atoms with Gasteiger partial charge in [0.25, 0.3) is 0 Å². The zero-order valence-electron chi connectivity index (χ0n) is 7.99. The first kappa shape index (κ1) is 11.8. The largest absolute Gasteiger partial charge is 0.235 e. The first-order valence-corrected chi connectivity index (χ1v) is 4.40. The van der Waals surface area contributed by atoms with E-state index in [1.807, 2.05) is 0 Å². The van der Waals surface area contributed by atoms with E-state index >= 15 is 0 Å². The Morgan fingerprint density at radius 3 is 2.31 bits per heavy atom. The minimum absolute atomic E-state index is 0.223. The lowest BCUT2D eigenvalue weighted by Crippen LogP contribution is -2.19. The van der Waals surface area contributed by atoms with E-state index in [0.29, 0.717) is 0 Å². The number of rotatable bonds is 6. The van der Waals surface area contributed by atoms with Gasteiger partial charge in [-0.2, -0.15) is 0 Å². The highest BCUT2D eigenvalue weighted by Crippen LogP contribution is 2.10. The van der Waals surface area contributed by atoms with E-state index in [2.05, 4.69) is 16.9 Å². The van der Waals surface area contributed by atoms with Crippen molar-refractivity contribution >= 4 is 12.2 Å². The van der Waals surface area contributed by atoms with Crippen molar-refractivity contribution in [2.45, 2.75) is 45.2 Å². The van der Waals surface area contributed by atoms with Gasteiger partial charge in [-0.25, -0.2) is 19.6 Å². The minimum atomic E-state index is -0.273. The topological polar surface area (TPSA) is 58.9 Å². The standard InChI is InChI=1S/C9H14N2O2/c1-3-4-5-9(11-7-13)8(2)10-6-12/h8-9H,3-5H2,1-2H3. The van der Waals surface area contributed by atoms with Crippen LogP contribution in [0.25, 0.3) is 0 Å². The zero-order valence-corrected chi connectivity index (χ0v) is 7.99. The van der Waals surface area contributed by atoms with Crippen molar-refractivity contribution in [3.8, 4) is 0 Å². The number of carbonyl (C=O) groups excluding carboxylic acids is 2. The molecule has 2 atom stereocenters. The molecule has 0 saturated carbocycles. The van der Waals surface area contributed by atoms with E-state index in [4.69, 9.17) is 0 Å². The first-order chi connectivity index (χ1) is 6.26. The van der Waals surface area contributed by atoms with Gasteiger partial charge in [-0.05, 0) is 13.3 Å². The van der Waals surface area contributed by atoms with E-state index in [1.54, 1.807) is 6.92 Å². The molecule has 0 aromatic carbocycles. The average molecular weight is 182 g/mol. The highest BCUT2D eigenvalue weighted by Gasteiger charge is 2.14. The van der Waals surface area contributed by atoms with E-state index in [1.165, 1.54) is 12.2 Å². The Hall–Kier alpha value is -1.24. The Balaban J connectivity index is 4.21. The third kappa shape index (κ3) is 5.07. The summed E-state index contributed by atoms with van der Waals surface area (Å²) in [5.41, 5.74) is 0. The van der Waals surface area contributed by atoms with Gasteiger partial charge in [0.2, 0.25) is 12.2 Å². The van der Waals surface area contributed by atoms with Gasteiger partial charge in [-0.3, -0.25) is 0 Å². The van der Waals surface area contributed by atoms with Gasteiger partial charge in [0.1, 0.15) is 0 Å². The molecule has 72 valence electrons. The maximum Gasteiger partial charge on any atom is 0.235 e. The molecule has 0 fully saturated rings. The highest BCUT2D eigenvalue weighted by atomic mass is 16.1. The second kappa shape index (κ2) is 7.41. The summed E-state index contributed by atoms with van der Waals surface area (Å²) in [5, 5.41) is 0. The number of aliphatic imine (C=N–C) groups is 2. The maximum atomic E-state index is 10.1. The van der Waals surface area contributed by atoms with Gasteiger partial charge in [0.05, 0.1) is 12.1 Å². The predicted molar refractivity (Wildman–Crippen MR) is 49.0 cm³/mol. The lowest BCUT2D eigenvalue weighted by molar-refractivity contribution is 0.489. The summed E-state index contributed by atoms with van der Waals surface area (Å²) in [6, 6.07) is -0.496. The molecule has 0 heterocycles. The van der Waals surface area contributed by atoms with Crippen LogP contribution in [0.3, 0.4) is 0 Å². The molecule has 0 bridgehead atoms. The van der Waals surface area contributed by atoms with Crippen LogP contribution in [-0.2, 0) is 9.59 Å². The van der Waals surface area contributed by atoms with E-state index < -0.39 is 0 Å². The number of isocyanates is 2.